The van der Waals surface area contributed by atoms with E-state index in [0.717, 1.165) is 37.1 Å². The van der Waals surface area contributed by atoms with Crippen LogP contribution in [0, 0.1) is 17.8 Å². The van der Waals surface area contributed by atoms with Gasteiger partial charge in [-0.25, -0.2) is 4.79 Å². The SMILES string of the molecule is C=CCc1cc(C(=O)OCCN(C)C)ccc1C#CC1C(O)C2CCN1CC2. The summed E-state index contributed by atoms with van der Waals surface area (Å²) in [5.74, 6) is 6.58. The van der Waals surface area contributed by atoms with E-state index in [4.69, 9.17) is 4.74 Å². The Bertz CT molecular complexity index is 768. The van der Waals surface area contributed by atoms with Gasteiger partial charge in [-0.1, -0.05) is 17.9 Å². The van der Waals surface area contributed by atoms with Crippen molar-refractivity contribution in [2.24, 2.45) is 5.92 Å². The van der Waals surface area contributed by atoms with Gasteiger partial charge in [0.15, 0.2) is 0 Å². The summed E-state index contributed by atoms with van der Waals surface area (Å²) in [6.45, 7) is 6.89. The number of hydrogen-bond donors (Lipinski definition) is 1. The number of aliphatic hydroxyl groups excluding tert-OH is 1. The summed E-state index contributed by atoms with van der Waals surface area (Å²) < 4.78 is 5.33. The van der Waals surface area contributed by atoms with Crippen LogP contribution in [-0.2, 0) is 11.2 Å². The number of benzene rings is 1. The molecule has 5 heteroatoms. The second-order valence-corrected chi connectivity index (χ2v) is 7.88. The van der Waals surface area contributed by atoms with Gasteiger partial charge in [0, 0.05) is 12.1 Å². The molecule has 3 heterocycles. The quantitative estimate of drug-likeness (QED) is 0.463. The molecule has 1 aromatic carbocycles. The lowest BCUT2D eigenvalue weighted by Crippen LogP contribution is -2.57. The molecule has 28 heavy (non-hydrogen) atoms. The number of aliphatic hydroxyl groups is 1. The number of hydrogen-bond acceptors (Lipinski definition) is 5. The Morgan fingerprint density at radius 1 is 1.39 bits per heavy atom. The standard InChI is InChI=1S/C23H30N2O3/c1-4-5-19-16-20(23(27)28-15-14-24(2)3)7-6-17(19)8-9-21-22(26)18-10-12-25(21)13-11-18/h4,6-7,16,18,21-22,26H,1,5,10-15H2,2-3H3. The van der Waals surface area contributed by atoms with Gasteiger partial charge in [0.25, 0.3) is 0 Å². The van der Waals surface area contributed by atoms with Gasteiger partial charge < -0.3 is 14.7 Å². The highest BCUT2D eigenvalue weighted by Gasteiger charge is 2.40. The molecule has 0 spiro atoms. The molecule has 0 aliphatic carbocycles. The van der Waals surface area contributed by atoms with Crippen LogP contribution in [-0.4, -0.2) is 73.4 Å². The molecule has 3 saturated heterocycles. The fourth-order valence-corrected chi connectivity index (χ4v) is 3.91. The zero-order valence-electron chi connectivity index (χ0n) is 16.9. The lowest BCUT2D eigenvalue weighted by atomic mass is 9.81. The summed E-state index contributed by atoms with van der Waals surface area (Å²) in [6, 6.07) is 5.38. The molecule has 5 nitrogen and oxygen atoms in total. The maximum atomic E-state index is 12.3. The number of allylic oxidation sites excluding steroid dienone is 1. The highest BCUT2D eigenvalue weighted by atomic mass is 16.5. The third kappa shape index (κ3) is 4.82. The van der Waals surface area contributed by atoms with E-state index in [0.29, 0.717) is 31.1 Å². The lowest BCUT2D eigenvalue weighted by molar-refractivity contribution is -0.0500. The van der Waals surface area contributed by atoms with E-state index >= 15 is 0 Å². The molecule has 0 amide bonds. The highest BCUT2D eigenvalue weighted by Crippen LogP contribution is 2.32. The van der Waals surface area contributed by atoms with E-state index in [2.05, 4.69) is 23.3 Å². The first-order chi connectivity index (χ1) is 13.5. The number of rotatable bonds is 6. The Kier molecular flexibility index (Phi) is 6.90. The molecule has 2 unspecified atom stereocenters. The molecule has 4 rings (SSSR count). The van der Waals surface area contributed by atoms with Crippen molar-refractivity contribution in [2.75, 3.05) is 40.3 Å². The second kappa shape index (κ2) is 9.38. The van der Waals surface area contributed by atoms with Crippen molar-refractivity contribution >= 4 is 5.97 Å². The van der Waals surface area contributed by atoms with E-state index in [1.54, 1.807) is 6.07 Å². The maximum Gasteiger partial charge on any atom is 0.338 e. The molecule has 150 valence electrons. The molecule has 2 bridgehead atoms. The molecule has 0 aromatic heterocycles. The molecule has 3 fully saturated rings. The fourth-order valence-electron chi connectivity index (χ4n) is 3.91. The summed E-state index contributed by atoms with van der Waals surface area (Å²) in [7, 11) is 3.88. The molecule has 3 aliphatic rings. The zero-order valence-corrected chi connectivity index (χ0v) is 16.9. The number of piperidine rings is 3. The normalized spacial score (nSPS) is 25.9. The Morgan fingerprint density at radius 2 is 2.14 bits per heavy atom. The minimum absolute atomic E-state index is 0.0974. The van der Waals surface area contributed by atoms with Gasteiger partial charge in [0.2, 0.25) is 0 Å². The van der Waals surface area contributed by atoms with Crippen molar-refractivity contribution in [1.82, 2.24) is 9.80 Å². The van der Waals surface area contributed by atoms with Crippen molar-refractivity contribution in [3.05, 3.63) is 47.5 Å². The van der Waals surface area contributed by atoms with Crippen LogP contribution < -0.4 is 0 Å². The molecular formula is C23H30N2O3. The van der Waals surface area contributed by atoms with Crippen molar-refractivity contribution in [2.45, 2.75) is 31.4 Å². The molecular weight excluding hydrogens is 352 g/mol. The van der Waals surface area contributed by atoms with E-state index in [1.165, 1.54) is 0 Å². The summed E-state index contributed by atoms with van der Waals surface area (Å²) in [6.07, 6.45) is 4.19. The number of carbonyl (C=O) groups excluding carboxylic acids is 1. The number of esters is 1. The largest absolute Gasteiger partial charge is 0.461 e. The van der Waals surface area contributed by atoms with Crippen LogP contribution in [0.1, 0.15) is 34.3 Å². The van der Waals surface area contributed by atoms with Crippen LogP contribution in [0.4, 0.5) is 0 Å². The Balaban J connectivity index is 1.75. The van der Waals surface area contributed by atoms with E-state index in [-0.39, 0.29) is 18.1 Å². The third-order valence-corrected chi connectivity index (χ3v) is 5.61. The molecule has 0 radical (unpaired) electrons. The van der Waals surface area contributed by atoms with Gasteiger partial charge in [0.05, 0.1) is 17.7 Å². The van der Waals surface area contributed by atoms with Crippen molar-refractivity contribution in [1.29, 1.82) is 0 Å². The average molecular weight is 383 g/mol. The molecule has 0 saturated carbocycles. The summed E-state index contributed by atoms with van der Waals surface area (Å²) in [5.41, 5.74) is 2.36. The van der Waals surface area contributed by atoms with Crippen LogP contribution >= 0.6 is 0 Å². The second-order valence-electron chi connectivity index (χ2n) is 7.88. The van der Waals surface area contributed by atoms with Gasteiger partial charge in [-0.2, -0.15) is 0 Å². The maximum absolute atomic E-state index is 12.3. The van der Waals surface area contributed by atoms with E-state index in [9.17, 15) is 9.90 Å². The van der Waals surface area contributed by atoms with Crippen LogP contribution in [0.5, 0.6) is 0 Å². The number of nitrogens with zero attached hydrogens (tertiary/aromatic N) is 2. The molecule has 2 atom stereocenters. The van der Waals surface area contributed by atoms with Gasteiger partial charge >= 0.3 is 5.97 Å². The minimum atomic E-state index is -0.371. The van der Waals surface area contributed by atoms with Crippen LogP contribution in [0.3, 0.4) is 0 Å². The smallest absolute Gasteiger partial charge is 0.338 e. The minimum Gasteiger partial charge on any atom is -0.461 e. The van der Waals surface area contributed by atoms with E-state index in [1.807, 2.05) is 37.2 Å². The first-order valence-corrected chi connectivity index (χ1v) is 9.99. The van der Waals surface area contributed by atoms with Gasteiger partial charge in [-0.05, 0) is 76.1 Å². The molecule has 1 N–H and O–H groups in total. The fraction of sp³-hybridized carbons (Fsp3) is 0.522. The lowest BCUT2D eigenvalue weighted by Gasteiger charge is -2.46. The Morgan fingerprint density at radius 3 is 2.79 bits per heavy atom. The van der Waals surface area contributed by atoms with Crippen molar-refractivity contribution < 1.29 is 14.6 Å². The van der Waals surface area contributed by atoms with Gasteiger partial charge in [0.1, 0.15) is 6.61 Å². The number of ether oxygens (including phenoxy) is 1. The van der Waals surface area contributed by atoms with Crippen LogP contribution in [0.2, 0.25) is 0 Å². The Labute approximate surface area is 168 Å². The average Bonchev–Trinajstić information content (AvgIpc) is 2.68. The number of carbonyl (C=O) groups is 1. The summed E-state index contributed by atoms with van der Waals surface area (Å²) in [5, 5.41) is 10.5. The van der Waals surface area contributed by atoms with Gasteiger partial charge in [-0.15, -0.1) is 6.58 Å². The third-order valence-electron chi connectivity index (χ3n) is 5.61. The zero-order chi connectivity index (χ0) is 20.1. The Hall–Kier alpha value is -2.13. The van der Waals surface area contributed by atoms with Crippen LogP contribution in [0.25, 0.3) is 0 Å². The van der Waals surface area contributed by atoms with Crippen molar-refractivity contribution in [3.8, 4) is 11.8 Å². The van der Waals surface area contributed by atoms with Crippen molar-refractivity contribution in [3.63, 3.8) is 0 Å². The van der Waals surface area contributed by atoms with Gasteiger partial charge in [-0.3, -0.25) is 4.90 Å². The predicted octanol–water partition coefficient (Wildman–Crippen LogP) is 1.94. The first kappa shape index (κ1) is 20.6. The predicted molar refractivity (Wildman–Crippen MR) is 110 cm³/mol. The summed E-state index contributed by atoms with van der Waals surface area (Å²) in [4.78, 5) is 16.5. The first-order valence-electron chi connectivity index (χ1n) is 9.99. The highest BCUT2D eigenvalue weighted by molar-refractivity contribution is 5.89. The topological polar surface area (TPSA) is 53.0 Å². The number of fused-ring (bicyclic) bond motifs is 3. The monoisotopic (exact) mass is 382 g/mol. The van der Waals surface area contributed by atoms with Crippen LogP contribution in [0.15, 0.2) is 30.9 Å². The molecule has 1 aromatic rings. The molecule has 3 aliphatic heterocycles. The number of likely N-dealkylation sites (N-methyl/N-ethyl adjacent to an activating group) is 1. The summed E-state index contributed by atoms with van der Waals surface area (Å²) >= 11 is 0. The van der Waals surface area contributed by atoms with E-state index < -0.39 is 0 Å².